The summed E-state index contributed by atoms with van der Waals surface area (Å²) in [7, 11) is 1.28. The van der Waals surface area contributed by atoms with E-state index in [4.69, 9.17) is 5.11 Å². The molecule has 0 saturated carbocycles. The van der Waals surface area contributed by atoms with E-state index >= 15 is 0 Å². The second-order valence-electron chi connectivity index (χ2n) is 4.52. The van der Waals surface area contributed by atoms with Crippen LogP contribution >= 0.6 is 31.9 Å². The zero-order valence-corrected chi connectivity index (χ0v) is 14.1. The summed E-state index contributed by atoms with van der Waals surface area (Å²) >= 11 is 6.55. The summed E-state index contributed by atoms with van der Waals surface area (Å²) in [6.45, 7) is 0.203. The van der Waals surface area contributed by atoms with Gasteiger partial charge >= 0.3 is 11.9 Å². The molecule has 8 heteroatoms. The molecule has 2 rings (SSSR count). The summed E-state index contributed by atoms with van der Waals surface area (Å²) in [5.74, 6) is -2.22. The number of esters is 1. The fraction of sp³-hybridized carbons (Fsp3) is 0.308. The Hall–Kier alpha value is -1.41. The van der Waals surface area contributed by atoms with Gasteiger partial charge in [0.05, 0.1) is 24.3 Å². The maximum Gasteiger partial charge on any atom is 0.335 e. The fourth-order valence-electron chi connectivity index (χ4n) is 2.20. The van der Waals surface area contributed by atoms with Gasteiger partial charge in [-0.2, -0.15) is 0 Å². The Labute approximate surface area is 137 Å². The number of nitrogens with zero attached hydrogens (tertiary/aromatic N) is 1. The van der Waals surface area contributed by atoms with Crippen LogP contribution in [0.2, 0.25) is 0 Å². The lowest BCUT2D eigenvalue weighted by Crippen LogP contribution is -2.27. The van der Waals surface area contributed by atoms with E-state index in [0.29, 0.717) is 14.6 Å². The number of halogens is 2. The van der Waals surface area contributed by atoms with Crippen LogP contribution in [0.25, 0.3) is 0 Å². The van der Waals surface area contributed by atoms with Crippen molar-refractivity contribution in [1.82, 2.24) is 0 Å². The zero-order valence-electron chi connectivity index (χ0n) is 10.9. The monoisotopic (exact) mass is 419 g/mol. The summed E-state index contributed by atoms with van der Waals surface area (Å²) in [4.78, 5) is 36.1. The maximum absolute atomic E-state index is 12.1. The molecule has 112 valence electrons. The lowest BCUT2D eigenvalue weighted by molar-refractivity contribution is -0.145. The lowest BCUT2D eigenvalue weighted by atomic mass is 10.1. The van der Waals surface area contributed by atoms with Gasteiger partial charge in [0.15, 0.2) is 0 Å². The average molecular weight is 421 g/mol. The van der Waals surface area contributed by atoms with Crippen molar-refractivity contribution >= 4 is 55.4 Å². The number of carbonyl (C=O) groups is 3. The van der Waals surface area contributed by atoms with Crippen LogP contribution in [0.5, 0.6) is 0 Å². The molecule has 0 aliphatic carbocycles. The van der Waals surface area contributed by atoms with E-state index in [9.17, 15) is 14.4 Å². The molecule has 1 aliphatic rings. The molecule has 1 aromatic rings. The molecule has 1 unspecified atom stereocenters. The molecule has 1 atom stereocenters. The first kappa shape index (κ1) is 16.0. The van der Waals surface area contributed by atoms with Gasteiger partial charge in [0.25, 0.3) is 0 Å². The van der Waals surface area contributed by atoms with Gasteiger partial charge in [0.2, 0.25) is 5.91 Å². The van der Waals surface area contributed by atoms with E-state index in [-0.39, 0.29) is 24.4 Å². The number of hydrogen-bond acceptors (Lipinski definition) is 4. The van der Waals surface area contributed by atoms with Crippen LogP contribution in [0.1, 0.15) is 16.8 Å². The van der Waals surface area contributed by atoms with Crippen molar-refractivity contribution in [2.45, 2.75) is 6.42 Å². The molecule has 0 bridgehead atoms. The Bertz CT molecular complexity index is 608. The number of benzene rings is 1. The first-order valence-corrected chi connectivity index (χ1v) is 7.54. The van der Waals surface area contributed by atoms with Gasteiger partial charge in [0.1, 0.15) is 0 Å². The van der Waals surface area contributed by atoms with E-state index in [0.717, 1.165) is 0 Å². The Morgan fingerprint density at radius 1 is 1.33 bits per heavy atom. The topological polar surface area (TPSA) is 83.9 Å². The smallest absolute Gasteiger partial charge is 0.335 e. The van der Waals surface area contributed by atoms with E-state index < -0.39 is 17.9 Å². The zero-order chi connectivity index (χ0) is 15.7. The minimum Gasteiger partial charge on any atom is -0.478 e. The maximum atomic E-state index is 12.1. The molecular weight excluding hydrogens is 410 g/mol. The molecule has 1 amide bonds. The number of ether oxygens (including phenoxy) is 1. The van der Waals surface area contributed by atoms with Gasteiger partial charge in [0, 0.05) is 21.9 Å². The van der Waals surface area contributed by atoms with Crippen LogP contribution in [0.4, 0.5) is 5.69 Å². The van der Waals surface area contributed by atoms with Crippen LogP contribution in [0, 0.1) is 5.92 Å². The van der Waals surface area contributed by atoms with E-state index in [1.54, 1.807) is 0 Å². The summed E-state index contributed by atoms with van der Waals surface area (Å²) < 4.78 is 5.59. The highest BCUT2D eigenvalue weighted by atomic mass is 79.9. The second-order valence-corrected chi connectivity index (χ2v) is 6.23. The van der Waals surface area contributed by atoms with E-state index in [1.807, 2.05) is 0 Å². The highest BCUT2D eigenvalue weighted by Crippen LogP contribution is 2.38. The molecule has 1 aliphatic heterocycles. The van der Waals surface area contributed by atoms with Crippen LogP contribution in [-0.2, 0) is 14.3 Å². The summed E-state index contributed by atoms with van der Waals surface area (Å²) in [5.41, 5.74) is 0.602. The van der Waals surface area contributed by atoms with Gasteiger partial charge in [-0.15, -0.1) is 0 Å². The number of aromatic carboxylic acids is 1. The fourth-order valence-corrected chi connectivity index (χ4v) is 3.81. The first-order chi connectivity index (χ1) is 9.85. The van der Waals surface area contributed by atoms with Crippen molar-refractivity contribution in [3.8, 4) is 0 Å². The lowest BCUT2D eigenvalue weighted by Gasteiger charge is -2.20. The normalized spacial score (nSPS) is 18.0. The van der Waals surface area contributed by atoms with Crippen molar-refractivity contribution in [2.24, 2.45) is 5.92 Å². The molecule has 1 fully saturated rings. The summed E-state index contributed by atoms with van der Waals surface area (Å²) in [6, 6.07) is 2.84. The van der Waals surface area contributed by atoms with Crippen LogP contribution in [-0.4, -0.2) is 36.6 Å². The Morgan fingerprint density at radius 3 is 2.38 bits per heavy atom. The minimum atomic E-state index is -1.07. The predicted octanol–water partition coefficient (Wildman–Crippen LogP) is 2.44. The molecule has 0 radical (unpaired) electrons. The van der Waals surface area contributed by atoms with Crippen molar-refractivity contribution in [2.75, 3.05) is 18.6 Å². The molecule has 6 nitrogen and oxygen atoms in total. The largest absolute Gasteiger partial charge is 0.478 e. The van der Waals surface area contributed by atoms with Crippen LogP contribution in [0.3, 0.4) is 0 Å². The quantitative estimate of drug-likeness (QED) is 0.759. The van der Waals surface area contributed by atoms with E-state index in [1.165, 1.54) is 24.1 Å². The van der Waals surface area contributed by atoms with Crippen molar-refractivity contribution in [1.29, 1.82) is 0 Å². The highest BCUT2D eigenvalue weighted by Gasteiger charge is 2.37. The van der Waals surface area contributed by atoms with Crippen LogP contribution < -0.4 is 4.90 Å². The van der Waals surface area contributed by atoms with Gasteiger partial charge < -0.3 is 14.7 Å². The molecule has 1 N–H and O–H groups in total. The molecule has 1 heterocycles. The summed E-state index contributed by atoms with van der Waals surface area (Å²) in [6.07, 6.45) is 0.0756. The minimum absolute atomic E-state index is 0.0756. The van der Waals surface area contributed by atoms with Gasteiger partial charge in [-0.05, 0) is 44.0 Å². The average Bonchev–Trinajstić information content (AvgIpc) is 2.79. The SMILES string of the molecule is COC(=O)C1CC(=O)N(c2c(Br)cc(C(=O)O)cc2Br)C1. The molecule has 1 saturated heterocycles. The van der Waals surface area contributed by atoms with Crippen molar-refractivity contribution < 1.29 is 24.2 Å². The van der Waals surface area contributed by atoms with Gasteiger partial charge in [-0.1, -0.05) is 0 Å². The molecule has 21 heavy (non-hydrogen) atoms. The number of methoxy groups -OCH3 is 1. The third-order valence-electron chi connectivity index (χ3n) is 3.19. The number of rotatable bonds is 3. The highest BCUT2D eigenvalue weighted by molar-refractivity contribution is 9.11. The number of amides is 1. The molecular formula is C13H11Br2NO5. The number of carbonyl (C=O) groups excluding carboxylic acids is 2. The number of carboxylic acids is 1. The summed E-state index contributed by atoms with van der Waals surface area (Å²) in [5, 5.41) is 9.01. The predicted molar refractivity (Wildman–Crippen MR) is 81.3 cm³/mol. The second kappa shape index (κ2) is 6.15. The third kappa shape index (κ3) is 3.11. The third-order valence-corrected chi connectivity index (χ3v) is 4.40. The standard InChI is InChI=1S/C13H11Br2NO5/c1-21-13(20)7-4-10(17)16(5-7)11-8(14)2-6(12(18)19)3-9(11)15/h2-3,7H,4-5H2,1H3,(H,18,19). The Balaban J connectivity index is 2.37. The molecule has 0 spiro atoms. The van der Waals surface area contributed by atoms with Gasteiger partial charge in [-0.3, -0.25) is 9.59 Å². The first-order valence-electron chi connectivity index (χ1n) is 5.95. The van der Waals surface area contributed by atoms with Gasteiger partial charge in [-0.25, -0.2) is 4.79 Å². The van der Waals surface area contributed by atoms with Crippen LogP contribution in [0.15, 0.2) is 21.1 Å². The number of carboxylic acid groups (broad SMARTS) is 1. The number of hydrogen-bond donors (Lipinski definition) is 1. The van der Waals surface area contributed by atoms with Crippen molar-refractivity contribution in [3.63, 3.8) is 0 Å². The molecule has 0 aromatic heterocycles. The Kier molecular flexibility index (Phi) is 4.67. The van der Waals surface area contributed by atoms with Crippen molar-refractivity contribution in [3.05, 3.63) is 26.6 Å². The van der Waals surface area contributed by atoms with E-state index in [2.05, 4.69) is 36.6 Å². The number of anilines is 1. The molecule has 1 aromatic carbocycles. The Morgan fingerprint density at radius 2 is 1.90 bits per heavy atom.